The maximum atomic E-state index is 12.7. The van der Waals surface area contributed by atoms with E-state index in [1.54, 1.807) is 23.5 Å². The summed E-state index contributed by atoms with van der Waals surface area (Å²) in [4.78, 5) is 17.7. The van der Waals surface area contributed by atoms with Crippen LogP contribution < -0.4 is 10.8 Å². The van der Waals surface area contributed by atoms with Crippen molar-refractivity contribution in [1.29, 1.82) is 0 Å². The molecule has 0 aliphatic rings. The second-order valence-corrected chi connectivity index (χ2v) is 7.26. The first kappa shape index (κ1) is 16.0. The van der Waals surface area contributed by atoms with Crippen LogP contribution in [0.2, 0.25) is 4.34 Å². The number of thiophene rings is 1. The first-order valence-electron chi connectivity index (χ1n) is 6.65. The molecular formula is C16H10BClN2OS2. The van der Waals surface area contributed by atoms with Gasteiger partial charge in [-0.15, -0.1) is 11.3 Å². The number of carbonyl (C=O) groups excluding carboxylic acids is 1. The van der Waals surface area contributed by atoms with Gasteiger partial charge in [-0.25, -0.2) is 4.98 Å². The second-order valence-electron chi connectivity index (χ2n) is 4.62. The van der Waals surface area contributed by atoms with Gasteiger partial charge in [-0.1, -0.05) is 58.7 Å². The highest BCUT2D eigenvalue weighted by Gasteiger charge is 2.14. The fourth-order valence-electron chi connectivity index (χ4n) is 1.93. The second kappa shape index (κ2) is 7.13. The predicted octanol–water partition coefficient (Wildman–Crippen LogP) is 3.83. The zero-order valence-corrected chi connectivity index (χ0v) is 14.2. The molecule has 0 saturated carbocycles. The van der Waals surface area contributed by atoms with Crippen LogP contribution in [0.3, 0.4) is 0 Å². The summed E-state index contributed by atoms with van der Waals surface area (Å²) in [5.74, 6) is -0.241. The molecular weight excluding hydrogens is 347 g/mol. The van der Waals surface area contributed by atoms with Gasteiger partial charge in [0.25, 0.3) is 5.91 Å². The average molecular weight is 357 g/mol. The predicted molar refractivity (Wildman–Crippen MR) is 99.8 cm³/mol. The molecule has 2 aromatic heterocycles. The quantitative estimate of drug-likeness (QED) is 0.570. The zero-order valence-electron chi connectivity index (χ0n) is 11.8. The Morgan fingerprint density at radius 3 is 2.65 bits per heavy atom. The summed E-state index contributed by atoms with van der Waals surface area (Å²) in [7, 11) is 5.72. The Morgan fingerprint density at radius 1 is 1.26 bits per heavy atom. The first-order valence-corrected chi connectivity index (χ1v) is 8.73. The third kappa shape index (κ3) is 4.10. The minimum absolute atomic E-state index is 0.241. The molecule has 3 nitrogen and oxygen atoms in total. The van der Waals surface area contributed by atoms with Gasteiger partial charge in [-0.3, -0.25) is 10.1 Å². The minimum Gasteiger partial charge on any atom is -0.298 e. The molecule has 7 heteroatoms. The van der Waals surface area contributed by atoms with E-state index in [9.17, 15) is 4.79 Å². The van der Waals surface area contributed by atoms with E-state index in [0.29, 0.717) is 20.5 Å². The minimum atomic E-state index is -0.241. The standard InChI is InChI=1S/C16H10BClN2OS2/c17-11-5-3-10(4-6-11)13(8-12-2-1-7-22-12)15(21)20-16-19-9-14(18)23-16/h1-9H,(H,19,20,21)/b13-8+. The van der Waals surface area contributed by atoms with Gasteiger partial charge < -0.3 is 0 Å². The van der Waals surface area contributed by atoms with Crippen molar-refractivity contribution in [3.8, 4) is 0 Å². The number of rotatable bonds is 4. The number of hydrogen-bond donors (Lipinski definition) is 1. The molecule has 23 heavy (non-hydrogen) atoms. The molecule has 1 N–H and O–H groups in total. The fourth-order valence-corrected chi connectivity index (χ4v) is 3.40. The smallest absolute Gasteiger partial charge is 0.258 e. The van der Waals surface area contributed by atoms with E-state index in [0.717, 1.165) is 10.4 Å². The molecule has 0 aliphatic heterocycles. The Morgan fingerprint density at radius 2 is 2.04 bits per heavy atom. The normalized spacial score (nSPS) is 11.4. The van der Waals surface area contributed by atoms with E-state index in [2.05, 4.69) is 10.3 Å². The number of carbonyl (C=O) groups is 1. The summed E-state index contributed by atoms with van der Waals surface area (Å²) >= 11 is 8.63. The number of nitrogens with zero attached hydrogens (tertiary/aromatic N) is 1. The number of aromatic nitrogens is 1. The number of anilines is 1. The SMILES string of the molecule is [B]c1ccc(/C(=C\c2cccs2)C(=O)Nc2ncc(Cl)s2)cc1. The molecule has 0 saturated heterocycles. The summed E-state index contributed by atoms with van der Waals surface area (Å²) in [6.07, 6.45) is 3.36. The molecule has 2 radical (unpaired) electrons. The molecule has 1 aromatic carbocycles. The van der Waals surface area contributed by atoms with E-state index in [-0.39, 0.29) is 5.91 Å². The van der Waals surface area contributed by atoms with Crippen molar-refractivity contribution in [1.82, 2.24) is 4.98 Å². The lowest BCUT2D eigenvalue weighted by Crippen LogP contribution is -2.14. The van der Waals surface area contributed by atoms with Gasteiger partial charge >= 0.3 is 0 Å². The van der Waals surface area contributed by atoms with Crippen LogP contribution in [-0.4, -0.2) is 18.7 Å². The molecule has 0 unspecified atom stereocenters. The van der Waals surface area contributed by atoms with Crippen molar-refractivity contribution < 1.29 is 4.79 Å². The van der Waals surface area contributed by atoms with Gasteiger partial charge in [0.2, 0.25) is 0 Å². The van der Waals surface area contributed by atoms with Crippen molar-refractivity contribution >= 4 is 70.3 Å². The molecule has 0 spiro atoms. The Bertz CT molecular complexity index is 841. The summed E-state index contributed by atoms with van der Waals surface area (Å²) < 4.78 is 0.525. The number of hydrogen-bond acceptors (Lipinski definition) is 4. The van der Waals surface area contributed by atoms with Crippen LogP contribution in [0.1, 0.15) is 10.4 Å². The molecule has 0 bridgehead atoms. The number of benzene rings is 1. The first-order chi connectivity index (χ1) is 11.1. The average Bonchev–Trinajstić information content (AvgIpc) is 3.17. The monoisotopic (exact) mass is 356 g/mol. The van der Waals surface area contributed by atoms with Crippen LogP contribution in [-0.2, 0) is 4.79 Å². The molecule has 112 valence electrons. The number of halogens is 1. The highest BCUT2D eigenvalue weighted by Crippen LogP contribution is 2.26. The van der Waals surface area contributed by atoms with E-state index < -0.39 is 0 Å². The third-order valence-electron chi connectivity index (χ3n) is 2.99. The molecule has 3 aromatic rings. The van der Waals surface area contributed by atoms with Crippen LogP contribution in [0.5, 0.6) is 0 Å². The maximum Gasteiger partial charge on any atom is 0.258 e. The van der Waals surface area contributed by atoms with Crippen LogP contribution in [0, 0.1) is 0 Å². The molecule has 0 aliphatic carbocycles. The molecule has 2 heterocycles. The maximum absolute atomic E-state index is 12.7. The number of thiazole rings is 1. The Kier molecular flexibility index (Phi) is 4.95. The van der Waals surface area contributed by atoms with Gasteiger partial charge in [0.1, 0.15) is 12.2 Å². The third-order valence-corrected chi connectivity index (χ3v) is 4.84. The summed E-state index contributed by atoms with van der Waals surface area (Å²) in [6.45, 7) is 0. The Balaban J connectivity index is 1.94. The van der Waals surface area contributed by atoms with Crippen LogP contribution >= 0.6 is 34.3 Å². The van der Waals surface area contributed by atoms with Gasteiger partial charge in [0.15, 0.2) is 5.13 Å². The molecule has 0 atom stereocenters. The van der Waals surface area contributed by atoms with E-state index in [4.69, 9.17) is 19.4 Å². The number of nitrogens with one attached hydrogen (secondary N) is 1. The van der Waals surface area contributed by atoms with E-state index >= 15 is 0 Å². The highest BCUT2D eigenvalue weighted by molar-refractivity contribution is 7.19. The summed E-state index contributed by atoms with van der Waals surface area (Å²) in [5.41, 5.74) is 1.97. The van der Waals surface area contributed by atoms with Crippen molar-refractivity contribution in [3.63, 3.8) is 0 Å². The van der Waals surface area contributed by atoms with Gasteiger partial charge in [0, 0.05) is 10.5 Å². The topological polar surface area (TPSA) is 42.0 Å². The van der Waals surface area contributed by atoms with Crippen LogP contribution in [0.15, 0.2) is 48.0 Å². The van der Waals surface area contributed by atoms with Gasteiger partial charge in [-0.2, -0.15) is 0 Å². The van der Waals surface area contributed by atoms with Crippen molar-refractivity contribution in [2.24, 2.45) is 0 Å². The summed E-state index contributed by atoms with van der Waals surface area (Å²) in [5, 5.41) is 5.21. The van der Waals surface area contributed by atoms with Gasteiger partial charge in [0.05, 0.1) is 6.20 Å². The Labute approximate surface area is 148 Å². The van der Waals surface area contributed by atoms with E-state index in [1.807, 2.05) is 35.7 Å². The van der Waals surface area contributed by atoms with Crippen molar-refractivity contribution in [2.75, 3.05) is 5.32 Å². The molecule has 0 fully saturated rings. The largest absolute Gasteiger partial charge is 0.298 e. The molecule has 3 rings (SSSR count). The zero-order chi connectivity index (χ0) is 16.2. The lowest BCUT2D eigenvalue weighted by molar-refractivity contribution is -0.111. The van der Waals surface area contributed by atoms with Crippen molar-refractivity contribution in [3.05, 3.63) is 62.8 Å². The number of amides is 1. The summed E-state index contributed by atoms with van der Waals surface area (Å²) in [6, 6.07) is 11.1. The lowest BCUT2D eigenvalue weighted by atomic mass is 9.93. The molecule has 1 amide bonds. The van der Waals surface area contributed by atoms with E-state index in [1.165, 1.54) is 17.5 Å². The fraction of sp³-hybridized carbons (Fsp3) is 0. The Hall–Kier alpha value is -1.89. The van der Waals surface area contributed by atoms with Crippen LogP contribution in [0.4, 0.5) is 5.13 Å². The van der Waals surface area contributed by atoms with Crippen LogP contribution in [0.25, 0.3) is 11.6 Å². The highest BCUT2D eigenvalue weighted by atomic mass is 35.5. The van der Waals surface area contributed by atoms with Crippen molar-refractivity contribution in [2.45, 2.75) is 0 Å². The lowest BCUT2D eigenvalue weighted by Gasteiger charge is -2.08. The van der Waals surface area contributed by atoms with Gasteiger partial charge in [-0.05, 0) is 23.1 Å².